The van der Waals surface area contributed by atoms with Crippen molar-refractivity contribution in [3.63, 3.8) is 0 Å². The van der Waals surface area contributed by atoms with Crippen LogP contribution in [0.15, 0.2) is 54.5 Å². The van der Waals surface area contributed by atoms with Crippen molar-refractivity contribution in [2.24, 2.45) is 0 Å². The molecule has 3 heterocycles. The number of imide groups is 1. The van der Waals surface area contributed by atoms with Crippen LogP contribution >= 0.6 is 0 Å². The predicted octanol–water partition coefficient (Wildman–Crippen LogP) is 2.48. The highest BCUT2D eigenvalue weighted by Gasteiger charge is 2.41. The number of aromatic nitrogens is 1. The average Bonchev–Trinajstić information content (AvgIpc) is 3.00. The number of hydrogen-bond donors (Lipinski definition) is 0. The summed E-state index contributed by atoms with van der Waals surface area (Å²) in [5.74, 6) is 0.180. The Labute approximate surface area is 175 Å². The topological polar surface area (TPSA) is 72.0 Å². The number of nitrogens with zero attached hydrogens (tertiary/aromatic N) is 3. The van der Waals surface area contributed by atoms with Gasteiger partial charge in [0.25, 0.3) is 11.8 Å². The molecule has 0 aliphatic carbocycles. The lowest BCUT2D eigenvalue weighted by Gasteiger charge is -2.29. The minimum Gasteiger partial charge on any atom is -0.491 e. The molecular weight excluding hydrogens is 382 g/mol. The lowest BCUT2D eigenvalue weighted by molar-refractivity contribution is -0.138. The fourth-order valence-corrected chi connectivity index (χ4v) is 3.69. The molecule has 7 heteroatoms. The van der Waals surface area contributed by atoms with Gasteiger partial charge in [-0.15, -0.1) is 0 Å². The minimum absolute atomic E-state index is 0.0597. The zero-order chi connectivity index (χ0) is 21.1. The molecule has 0 radical (unpaired) electrons. The van der Waals surface area contributed by atoms with Crippen molar-refractivity contribution in [1.29, 1.82) is 0 Å². The number of pyridine rings is 1. The largest absolute Gasteiger partial charge is 0.491 e. The maximum atomic E-state index is 13.4. The number of hydrogen-bond acceptors (Lipinski definition) is 6. The summed E-state index contributed by atoms with van der Waals surface area (Å²) in [5, 5.41) is 0. The summed E-state index contributed by atoms with van der Waals surface area (Å²) < 4.78 is 11.2. The van der Waals surface area contributed by atoms with Gasteiger partial charge in [-0.05, 0) is 49.2 Å². The quantitative estimate of drug-likeness (QED) is 0.685. The molecule has 156 valence electrons. The Morgan fingerprint density at radius 3 is 2.30 bits per heavy atom. The van der Waals surface area contributed by atoms with E-state index in [2.05, 4.69) is 4.98 Å². The first-order valence-electron chi connectivity index (χ1n) is 10.1. The second-order valence-corrected chi connectivity index (χ2v) is 7.57. The predicted molar refractivity (Wildman–Crippen MR) is 111 cm³/mol. The molecule has 1 saturated heterocycles. The van der Waals surface area contributed by atoms with E-state index < -0.39 is 0 Å². The second kappa shape index (κ2) is 8.67. The van der Waals surface area contributed by atoms with E-state index in [-0.39, 0.29) is 24.5 Å². The monoisotopic (exact) mass is 407 g/mol. The molecule has 2 aliphatic heterocycles. The van der Waals surface area contributed by atoms with Gasteiger partial charge in [-0.3, -0.25) is 19.5 Å². The Morgan fingerprint density at radius 1 is 1.00 bits per heavy atom. The van der Waals surface area contributed by atoms with Crippen LogP contribution in [0.1, 0.15) is 25.0 Å². The fourth-order valence-electron chi connectivity index (χ4n) is 3.69. The standard InChI is InChI=1S/C23H25N3O4/c1-16(2)30-19-5-3-18(4-6-19)20-21(25-11-13-29-14-12-25)23(28)26(22(20)27)15-17-7-9-24-10-8-17/h3-10,16H,11-15H2,1-2H3. The average molecular weight is 407 g/mol. The van der Waals surface area contributed by atoms with Gasteiger partial charge in [0, 0.05) is 25.5 Å². The summed E-state index contributed by atoms with van der Waals surface area (Å²) in [6.07, 6.45) is 3.38. The van der Waals surface area contributed by atoms with Gasteiger partial charge in [0.2, 0.25) is 0 Å². The SMILES string of the molecule is CC(C)Oc1ccc(C2=C(N3CCOCC3)C(=O)N(Cc3ccncc3)C2=O)cc1. The number of morpholine rings is 1. The summed E-state index contributed by atoms with van der Waals surface area (Å²) >= 11 is 0. The van der Waals surface area contributed by atoms with E-state index in [4.69, 9.17) is 9.47 Å². The van der Waals surface area contributed by atoms with Crippen molar-refractivity contribution in [2.75, 3.05) is 26.3 Å². The van der Waals surface area contributed by atoms with Gasteiger partial charge < -0.3 is 14.4 Å². The van der Waals surface area contributed by atoms with Gasteiger partial charge in [-0.2, -0.15) is 0 Å². The lowest BCUT2D eigenvalue weighted by Crippen LogP contribution is -2.40. The molecule has 2 aromatic rings. The molecule has 0 atom stereocenters. The highest BCUT2D eigenvalue weighted by molar-refractivity contribution is 6.35. The third kappa shape index (κ3) is 4.07. The van der Waals surface area contributed by atoms with Crippen molar-refractivity contribution < 1.29 is 19.1 Å². The molecule has 0 bridgehead atoms. The Morgan fingerprint density at radius 2 is 1.67 bits per heavy atom. The molecule has 2 amide bonds. The second-order valence-electron chi connectivity index (χ2n) is 7.57. The van der Waals surface area contributed by atoms with Crippen LogP contribution in [0.5, 0.6) is 5.75 Å². The van der Waals surface area contributed by atoms with Crippen molar-refractivity contribution in [1.82, 2.24) is 14.8 Å². The van der Waals surface area contributed by atoms with E-state index in [1.165, 1.54) is 4.90 Å². The number of amides is 2. The van der Waals surface area contributed by atoms with Gasteiger partial charge in [0.05, 0.1) is 31.4 Å². The van der Waals surface area contributed by atoms with Gasteiger partial charge in [-0.25, -0.2) is 0 Å². The van der Waals surface area contributed by atoms with Crippen LogP contribution in [-0.4, -0.2) is 59.0 Å². The van der Waals surface area contributed by atoms with E-state index in [1.54, 1.807) is 12.4 Å². The first-order valence-corrected chi connectivity index (χ1v) is 10.1. The minimum atomic E-state index is -0.282. The molecule has 7 nitrogen and oxygen atoms in total. The number of rotatable bonds is 6. The van der Waals surface area contributed by atoms with Crippen LogP contribution in [-0.2, 0) is 20.9 Å². The summed E-state index contributed by atoms with van der Waals surface area (Å²) in [7, 11) is 0. The Kier molecular flexibility index (Phi) is 5.81. The van der Waals surface area contributed by atoms with Gasteiger partial charge in [0.15, 0.2) is 0 Å². The lowest BCUT2D eigenvalue weighted by atomic mass is 10.0. The molecular formula is C23H25N3O4. The molecule has 1 aromatic heterocycles. The number of carbonyl (C=O) groups is 2. The van der Waals surface area contributed by atoms with Crippen LogP contribution in [0.3, 0.4) is 0 Å². The molecule has 1 fully saturated rings. The maximum Gasteiger partial charge on any atom is 0.278 e. The Hall–Kier alpha value is -3.19. The van der Waals surface area contributed by atoms with E-state index in [0.717, 1.165) is 11.3 Å². The summed E-state index contributed by atoms with van der Waals surface area (Å²) in [5.41, 5.74) is 2.46. The van der Waals surface area contributed by atoms with Gasteiger partial charge in [-0.1, -0.05) is 12.1 Å². The van der Waals surface area contributed by atoms with E-state index in [0.29, 0.717) is 43.1 Å². The van der Waals surface area contributed by atoms with Crippen molar-refractivity contribution in [2.45, 2.75) is 26.5 Å². The molecule has 4 rings (SSSR count). The molecule has 0 spiro atoms. The molecule has 0 unspecified atom stereocenters. The van der Waals surface area contributed by atoms with Crippen molar-refractivity contribution in [3.05, 3.63) is 65.6 Å². The number of ether oxygens (including phenoxy) is 2. The van der Waals surface area contributed by atoms with Crippen LogP contribution in [0.2, 0.25) is 0 Å². The normalized spacial score (nSPS) is 17.3. The van der Waals surface area contributed by atoms with Gasteiger partial charge >= 0.3 is 0 Å². The molecule has 0 N–H and O–H groups in total. The van der Waals surface area contributed by atoms with E-state index in [1.807, 2.05) is 55.1 Å². The van der Waals surface area contributed by atoms with Crippen molar-refractivity contribution in [3.8, 4) is 5.75 Å². The van der Waals surface area contributed by atoms with Gasteiger partial charge in [0.1, 0.15) is 11.4 Å². The summed E-state index contributed by atoms with van der Waals surface area (Å²) in [6, 6.07) is 11.0. The van der Waals surface area contributed by atoms with Crippen LogP contribution in [0, 0.1) is 0 Å². The van der Waals surface area contributed by atoms with Crippen LogP contribution in [0.25, 0.3) is 5.57 Å². The Bertz CT molecular complexity index is 948. The molecule has 1 aromatic carbocycles. The Balaban J connectivity index is 1.69. The summed E-state index contributed by atoms with van der Waals surface area (Å²) in [6.45, 7) is 6.36. The summed E-state index contributed by atoms with van der Waals surface area (Å²) in [4.78, 5) is 34.0. The zero-order valence-electron chi connectivity index (χ0n) is 17.2. The van der Waals surface area contributed by atoms with Crippen molar-refractivity contribution >= 4 is 17.4 Å². The molecule has 2 aliphatic rings. The maximum absolute atomic E-state index is 13.4. The fraction of sp³-hybridized carbons (Fsp3) is 0.348. The zero-order valence-corrected chi connectivity index (χ0v) is 17.2. The smallest absolute Gasteiger partial charge is 0.278 e. The van der Waals surface area contributed by atoms with E-state index >= 15 is 0 Å². The number of carbonyl (C=O) groups excluding carboxylic acids is 2. The first-order chi connectivity index (χ1) is 14.5. The third-order valence-corrected chi connectivity index (χ3v) is 5.08. The molecule has 0 saturated carbocycles. The van der Waals surface area contributed by atoms with E-state index in [9.17, 15) is 9.59 Å². The first kappa shape index (κ1) is 20.1. The third-order valence-electron chi connectivity index (χ3n) is 5.08. The highest BCUT2D eigenvalue weighted by Crippen LogP contribution is 2.33. The highest BCUT2D eigenvalue weighted by atomic mass is 16.5. The van der Waals surface area contributed by atoms with Crippen LogP contribution < -0.4 is 4.74 Å². The number of benzene rings is 1. The molecule has 30 heavy (non-hydrogen) atoms. The van der Waals surface area contributed by atoms with Crippen LogP contribution in [0.4, 0.5) is 0 Å².